The number of hydrogen-bond acceptors (Lipinski definition) is 4. The lowest BCUT2D eigenvalue weighted by atomic mass is 10.2. The summed E-state index contributed by atoms with van der Waals surface area (Å²) in [7, 11) is -3.43. The van der Waals surface area contributed by atoms with E-state index in [1.54, 1.807) is 0 Å². The minimum Gasteiger partial charge on any atom is -0.392 e. The lowest BCUT2D eigenvalue weighted by Gasteiger charge is -2.36. The summed E-state index contributed by atoms with van der Waals surface area (Å²) in [6, 6.07) is 0. The van der Waals surface area contributed by atoms with E-state index in [9.17, 15) is 8.42 Å². The Morgan fingerprint density at radius 1 is 1.69 bits per heavy atom. The summed E-state index contributed by atoms with van der Waals surface area (Å²) >= 11 is 4.60. The molecule has 0 aliphatic carbocycles. The smallest absolute Gasteiger partial charge is 0.223 e. The molecule has 0 radical (unpaired) electrons. The number of rotatable bonds is 3. The van der Waals surface area contributed by atoms with Crippen LogP contribution in [0.5, 0.6) is 0 Å². The lowest BCUT2D eigenvalue weighted by Crippen LogP contribution is -2.57. The molecule has 0 aromatic carbocycles. The zero-order valence-corrected chi connectivity index (χ0v) is 8.81. The van der Waals surface area contributed by atoms with E-state index >= 15 is 0 Å². The van der Waals surface area contributed by atoms with Crippen LogP contribution in [0.15, 0.2) is 0 Å². The maximum Gasteiger partial charge on any atom is 0.223 e. The van der Waals surface area contributed by atoms with Gasteiger partial charge in [-0.3, -0.25) is 0 Å². The molecule has 0 amide bonds. The molecule has 1 unspecified atom stereocenters. The lowest BCUT2D eigenvalue weighted by molar-refractivity contribution is 0.0546. The van der Waals surface area contributed by atoms with E-state index in [0.29, 0.717) is 0 Å². The van der Waals surface area contributed by atoms with Crippen LogP contribution < -0.4 is 5.73 Å². The summed E-state index contributed by atoms with van der Waals surface area (Å²) in [6.07, 6.45) is -0.548. The molecule has 0 spiro atoms. The number of nitrogens with two attached hydrogens (primary N) is 1. The molecule has 1 aliphatic heterocycles. The van der Waals surface area contributed by atoms with E-state index in [2.05, 4.69) is 12.2 Å². The normalized spacial score (nSPS) is 22.3. The number of nitrogens with zero attached hydrogens (tertiary/aromatic N) is 1. The van der Waals surface area contributed by atoms with Crippen molar-refractivity contribution in [3.8, 4) is 0 Å². The second kappa shape index (κ2) is 3.49. The van der Waals surface area contributed by atoms with Crippen LogP contribution in [0.2, 0.25) is 0 Å². The number of aliphatic hydroxyl groups is 1. The summed E-state index contributed by atoms with van der Waals surface area (Å²) in [5.41, 5.74) is 5.24. The van der Waals surface area contributed by atoms with Crippen molar-refractivity contribution < 1.29 is 13.5 Å². The summed E-state index contributed by atoms with van der Waals surface area (Å²) in [5, 5.41) is 8.08. The highest BCUT2D eigenvalue weighted by molar-refractivity contribution is 7.92. The van der Waals surface area contributed by atoms with Crippen LogP contribution in [0.1, 0.15) is 6.92 Å². The summed E-state index contributed by atoms with van der Waals surface area (Å²) in [5.74, 6) is 0. The fourth-order valence-electron chi connectivity index (χ4n) is 0.995. The van der Waals surface area contributed by atoms with Gasteiger partial charge in [0.15, 0.2) is 0 Å². The summed E-state index contributed by atoms with van der Waals surface area (Å²) in [6.45, 7) is 1.74. The van der Waals surface area contributed by atoms with Gasteiger partial charge in [0, 0.05) is 13.1 Å². The van der Waals surface area contributed by atoms with E-state index < -0.39 is 21.4 Å². The van der Waals surface area contributed by atoms with Crippen LogP contribution >= 0.6 is 12.2 Å². The summed E-state index contributed by atoms with van der Waals surface area (Å²) < 4.78 is 24.3. The third-order valence-corrected chi connectivity index (χ3v) is 4.70. The Balaban J connectivity index is 2.72. The number of sulfonamides is 1. The van der Waals surface area contributed by atoms with Crippen molar-refractivity contribution in [3.05, 3.63) is 0 Å². The average Bonchev–Trinajstić information content (AvgIpc) is 1.96. The second-order valence-corrected chi connectivity index (χ2v) is 5.79. The highest BCUT2D eigenvalue weighted by atomic mass is 32.2. The Kier molecular flexibility index (Phi) is 2.91. The van der Waals surface area contributed by atoms with Gasteiger partial charge >= 0.3 is 0 Å². The van der Waals surface area contributed by atoms with E-state index in [4.69, 9.17) is 10.8 Å². The Bertz CT molecular complexity index is 308. The monoisotopic (exact) mass is 224 g/mol. The highest BCUT2D eigenvalue weighted by Gasteiger charge is 2.38. The van der Waals surface area contributed by atoms with Crippen LogP contribution in [-0.2, 0) is 10.0 Å². The Morgan fingerprint density at radius 3 is 2.46 bits per heavy atom. The molecule has 5 nitrogen and oxygen atoms in total. The van der Waals surface area contributed by atoms with Gasteiger partial charge in [0.25, 0.3) is 0 Å². The molecule has 1 atom stereocenters. The van der Waals surface area contributed by atoms with Gasteiger partial charge in [-0.1, -0.05) is 12.2 Å². The molecule has 1 saturated heterocycles. The summed E-state index contributed by atoms with van der Waals surface area (Å²) in [4.78, 5) is -0.0404. The quantitative estimate of drug-likeness (QED) is 0.580. The van der Waals surface area contributed by atoms with Crippen LogP contribution in [0.3, 0.4) is 0 Å². The molecule has 1 heterocycles. The van der Waals surface area contributed by atoms with E-state index in [1.807, 2.05) is 0 Å². The van der Waals surface area contributed by atoms with Crippen molar-refractivity contribution in [1.29, 1.82) is 0 Å². The maximum atomic E-state index is 11.5. The molecule has 3 N–H and O–H groups in total. The Hall–Kier alpha value is -0.240. The van der Waals surface area contributed by atoms with Crippen molar-refractivity contribution in [2.45, 2.75) is 18.3 Å². The number of thiocarbonyl (C=S) groups is 1. The molecular formula is C6H12N2O3S2. The standard InChI is InChI=1S/C6H12N2O3S2/c1-4(6(7)12)13(10,11)8-2-5(9)3-8/h4-5,9H,2-3H2,1H3,(H2,7,12). The number of hydrogen-bond donors (Lipinski definition) is 2. The fraction of sp³-hybridized carbons (Fsp3) is 0.833. The Morgan fingerprint density at radius 2 is 2.15 bits per heavy atom. The SMILES string of the molecule is CC(C(N)=S)S(=O)(=O)N1CC(O)C1. The van der Waals surface area contributed by atoms with Gasteiger partial charge in [-0.05, 0) is 6.92 Å². The highest BCUT2D eigenvalue weighted by Crippen LogP contribution is 2.17. The van der Waals surface area contributed by atoms with Gasteiger partial charge in [-0.2, -0.15) is 4.31 Å². The molecule has 0 saturated carbocycles. The molecule has 0 aromatic heterocycles. The van der Waals surface area contributed by atoms with Gasteiger partial charge in [0.2, 0.25) is 10.0 Å². The molecule has 1 rings (SSSR count). The topological polar surface area (TPSA) is 83.6 Å². The van der Waals surface area contributed by atoms with Crippen LogP contribution in [0.4, 0.5) is 0 Å². The van der Waals surface area contributed by atoms with Crippen molar-refractivity contribution in [1.82, 2.24) is 4.31 Å². The minimum atomic E-state index is -3.43. The van der Waals surface area contributed by atoms with Crippen molar-refractivity contribution in [3.63, 3.8) is 0 Å². The fourth-order valence-corrected chi connectivity index (χ4v) is 2.86. The molecule has 0 aromatic rings. The first kappa shape index (κ1) is 10.8. The predicted octanol–water partition coefficient (Wildman–Crippen LogP) is -1.33. The molecule has 1 fully saturated rings. The first-order valence-corrected chi connectivity index (χ1v) is 5.73. The van der Waals surface area contributed by atoms with Crippen molar-refractivity contribution in [2.24, 2.45) is 5.73 Å². The third-order valence-electron chi connectivity index (χ3n) is 2.04. The predicted molar refractivity (Wildman–Crippen MR) is 52.7 cm³/mol. The minimum absolute atomic E-state index is 0.0404. The first-order valence-electron chi connectivity index (χ1n) is 3.82. The number of β-amino-alcohol motifs (C(OH)–C–C–N with tert-alkyl or cyclic N) is 1. The molecule has 0 bridgehead atoms. The van der Waals surface area contributed by atoms with Gasteiger partial charge < -0.3 is 10.8 Å². The van der Waals surface area contributed by atoms with Gasteiger partial charge in [-0.25, -0.2) is 8.42 Å². The molecule has 7 heteroatoms. The third kappa shape index (κ3) is 1.98. The first-order chi connectivity index (χ1) is 5.85. The molecule has 1 aliphatic rings. The van der Waals surface area contributed by atoms with E-state index in [-0.39, 0.29) is 18.1 Å². The average molecular weight is 224 g/mol. The van der Waals surface area contributed by atoms with Gasteiger partial charge in [-0.15, -0.1) is 0 Å². The van der Waals surface area contributed by atoms with Gasteiger partial charge in [0.1, 0.15) is 5.25 Å². The van der Waals surface area contributed by atoms with E-state index in [1.165, 1.54) is 11.2 Å². The van der Waals surface area contributed by atoms with E-state index in [0.717, 1.165) is 0 Å². The van der Waals surface area contributed by atoms with Crippen molar-refractivity contribution >= 4 is 27.2 Å². The molecular weight excluding hydrogens is 212 g/mol. The van der Waals surface area contributed by atoms with Crippen molar-refractivity contribution in [2.75, 3.05) is 13.1 Å². The second-order valence-electron chi connectivity index (χ2n) is 3.06. The Labute approximate surface area is 82.6 Å². The maximum absolute atomic E-state index is 11.5. The van der Waals surface area contributed by atoms with Crippen LogP contribution in [0, 0.1) is 0 Å². The zero-order valence-electron chi connectivity index (χ0n) is 7.17. The zero-order chi connectivity index (χ0) is 10.2. The molecule has 76 valence electrons. The largest absolute Gasteiger partial charge is 0.392 e. The molecule has 13 heavy (non-hydrogen) atoms. The van der Waals surface area contributed by atoms with Crippen LogP contribution in [-0.4, -0.2) is 47.3 Å². The van der Waals surface area contributed by atoms with Gasteiger partial charge in [0.05, 0.1) is 11.1 Å². The van der Waals surface area contributed by atoms with Crippen LogP contribution in [0.25, 0.3) is 0 Å². The number of aliphatic hydroxyl groups excluding tert-OH is 1.